The second-order valence-electron chi connectivity index (χ2n) is 4.65. The summed E-state index contributed by atoms with van der Waals surface area (Å²) in [6.45, 7) is 3.85. The molecule has 13 heavy (non-hydrogen) atoms. The number of amides is 1. The highest BCUT2D eigenvalue weighted by Crippen LogP contribution is 2.50. The Hall–Kier alpha value is -0.770. The average Bonchev–Trinajstić information content (AvgIpc) is 2.65. The zero-order chi connectivity index (χ0) is 10.1. The summed E-state index contributed by atoms with van der Waals surface area (Å²) in [6, 6.07) is 0. The van der Waals surface area contributed by atoms with Gasteiger partial charge in [0.15, 0.2) is 0 Å². The third-order valence-corrected chi connectivity index (χ3v) is 2.55. The lowest BCUT2D eigenvalue weighted by molar-refractivity contribution is 0.152. The van der Waals surface area contributed by atoms with Crippen LogP contribution in [0.5, 0.6) is 0 Å². The van der Waals surface area contributed by atoms with E-state index in [0.29, 0.717) is 6.42 Å². The van der Waals surface area contributed by atoms with Crippen molar-refractivity contribution in [3.8, 4) is 0 Å². The maximum absolute atomic E-state index is 10.4. The molecule has 1 rings (SSSR count). The zero-order valence-corrected chi connectivity index (χ0v) is 8.13. The van der Waals surface area contributed by atoms with Crippen LogP contribution in [0.2, 0.25) is 0 Å². The molecule has 4 nitrogen and oxygen atoms in total. The fraction of sp³-hybridized carbons (Fsp3) is 0.889. The molecule has 0 aromatic carbocycles. The lowest BCUT2D eigenvalue weighted by Crippen LogP contribution is -2.44. The molecule has 0 bridgehead atoms. The third-order valence-electron chi connectivity index (χ3n) is 2.55. The Morgan fingerprint density at radius 2 is 2.08 bits per heavy atom. The largest absolute Gasteiger partial charge is 0.465 e. The van der Waals surface area contributed by atoms with Crippen molar-refractivity contribution in [1.82, 2.24) is 5.32 Å². The molecule has 1 aliphatic carbocycles. The molecule has 0 heterocycles. The molecular formula is C9H17NO3. The van der Waals surface area contributed by atoms with Crippen molar-refractivity contribution < 1.29 is 15.0 Å². The minimum absolute atomic E-state index is 0.00799. The highest BCUT2D eigenvalue weighted by Gasteiger charge is 2.46. The molecule has 4 heteroatoms. The number of aliphatic hydroxyl groups is 1. The standard InChI is InChI=1S/C9H17NO3/c1-8(2,10-7(12)13)5-9(6-11)3-4-9/h10-11H,3-6H2,1-2H3,(H,12,13). The van der Waals surface area contributed by atoms with Crippen molar-refractivity contribution in [3.05, 3.63) is 0 Å². The second-order valence-corrected chi connectivity index (χ2v) is 4.65. The van der Waals surface area contributed by atoms with Crippen molar-refractivity contribution in [2.24, 2.45) is 5.41 Å². The SMILES string of the molecule is CC(C)(CC1(CO)CC1)NC(=O)O. The van der Waals surface area contributed by atoms with Gasteiger partial charge in [-0.15, -0.1) is 0 Å². The molecule has 0 aliphatic heterocycles. The monoisotopic (exact) mass is 187 g/mol. The van der Waals surface area contributed by atoms with Crippen LogP contribution in [0.4, 0.5) is 4.79 Å². The molecule has 0 unspecified atom stereocenters. The van der Waals surface area contributed by atoms with Crippen LogP contribution in [0.15, 0.2) is 0 Å². The van der Waals surface area contributed by atoms with Gasteiger partial charge < -0.3 is 15.5 Å². The molecule has 0 aromatic rings. The van der Waals surface area contributed by atoms with E-state index in [2.05, 4.69) is 5.32 Å². The van der Waals surface area contributed by atoms with Crippen LogP contribution in [-0.2, 0) is 0 Å². The minimum Gasteiger partial charge on any atom is -0.465 e. The van der Waals surface area contributed by atoms with Crippen LogP contribution in [-0.4, -0.2) is 28.5 Å². The number of nitrogens with one attached hydrogen (secondary N) is 1. The molecule has 0 saturated heterocycles. The van der Waals surface area contributed by atoms with Gasteiger partial charge in [-0.3, -0.25) is 0 Å². The summed E-state index contributed by atoms with van der Waals surface area (Å²) < 4.78 is 0. The lowest BCUT2D eigenvalue weighted by atomic mass is 9.89. The Morgan fingerprint density at radius 3 is 2.38 bits per heavy atom. The molecule has 1 amide bonds. The second kappa shape index (κ2) is 3.18. The summed E-state index contributed by atoms with van der Waals surface area (Å²) in [7, 11) is 0. The summed E-state index contributed by atoms with van der Waals surface area (Å²) in [5, 5.41) is 20.1. The van der Waals surface area contributed by atoms with Crippen LogP contribution >= 0.6 is 0 Å². The fourth-order valence-corrected chi connectivity index (χ4v) is 1.84. The van der Waals surface area contributed by atoms with E-state index < -0.39 is 11.6 Å². The van der Waals surface area contributed by atoms with E-state index in [1.165, 1.54) is 0 Å². The Labute approximate surface area is 78.0 Å². The molecule has 1 saturated carbocycles. The molecule has 1 aliphatic rings. The van der Waals surface area contributed by atoms with E-state index in [0.717, 1.165) is 12.8 Å². The van der Waals surface area contributed by atoms with E-state index in [9.17, 15) is 4.79 Å². The van der Waals surface area contributed by atoms with Crippen molar-refractivity contribution >= 4 is 6.09 Å². The summed E-state index contributed by atoms with van der Waals surface area (Å²) in [4.78, 5) is 10.4. The normalized spacial score (nSPS) is 19.6. The quantitative estimate of drug-likeness (QED) is 0.619. The third kappa shape index (κ3) is 2.88. The number of carbonyl (C=O) groups is 1. The van der Waals surface area contributed by atoms with E-state index in [4.69, 9.17) is 10.2 Å². The Kier molecular flexibility index (Phi) is 2.52. The molecule has 0 aromatic heterocycles. The first-order valence-corrected chi connectivity index (χ1v) is 4.51. The van der Waals surface area contributed by atoms with Crippen LogP contribution in [0.3, 0.4) is 0 Å². The van der Waals surface area contributed by atoms with Crippen molar-refractivity contribution in [3.63, 3.8) is 0 Å². The predicted molar refractivity (Wildman–Crippen MR) is 48.6 cm³/mol. The molecule has 1 fully saturated rings. The molecule has 0 radical (unpaired) electrons. The number of carboxylic acid groups (broad SMARTS) is 1. The highest BCUT2D eigenvalue weighted by molar-refractivity contribution is 5.65. The van der Waals surface area contributed by atoms with Gasteiger partial charge in [-0.25, -0.2) is 4.79 Å². The van der Waals surface area contributed by atoms with Crippen LogP contribution in [0.1, 0.15) is 33.1 Å². The minimum atomic E-state index is -1.00. The van der Waals surface area contributed by atoms with E-state index in [-0.39, 0.29) is 12.0 Å². The first-order valence-electron chi connectivity index (χ1n) is 4.51. The summed E-state index contributed by atoms with van der Waals surface area (Å²) in [5.41, 5.74) is -0.447. The maximum atomic E-state index is 10.4. The maximum Gasteiger partial charge on any atom is 0.405 e. The smallest absolute Gasteiger partial charge is 0.405 e. The number of hydrogen-bond acceptors (Lipinski definition) is 2. The topological polar surface area (TPSA) is 69.6 Å². The van der Waals surface area contributed by atoms with Gasteiger partial charge in [0.2, 0.25) is 0 Å². The van der Waals surface area contributed by atoms with E-state index >= 15 is 0 Å². The van der Waals surface area contributed by atoms with Gasteiger partial charge in [0.05, 0.1) is 0 Å². The van der Waals surface area contributed by atoms with E-state index in [1.54, 1.807) is 0 Å². The van der Waals surface area contributed by atoms with Crippen LogP contribution in [0, 0.1) is 5.41 Å². The first kappa shape index (κ1) is 10.3. The molecule has 3 N–H and O–H groups in total. The number of rotatable bonds is 4. The van der Waals surface area contributed by atoms with Gasteiger partial charge in [-0.1, -0.05) is 0 Å². The van der Waals surface area contributed by atoms with Gasteiger partial charge in [-0.05, 0) is 38.5 Å². The van der Waals surface area contributed by atoms with E-state index in [1.807, 2.05) is 13.8 Å². The number of hydrogen-bond donors (Lipinski definition) is 3. The van der Waals surface area contributed by atoms with Crippen molar-refractivity contribution in [2.45, 2.75) is 38.6 Å². The van der Waals surface area contributed by atoms with Gasteiger partial charge >= 0.3 is 6.09 Å². The van der Waals surface area contributed by atoms with Gasteiger partial charge in [0.25, 0.3) is 0 Å². The molecule has 76 valence electrons. The van der Waals surface area contributed by atoms with Gasteiger partial charge in [-0.2, -0.15) is 0 Å². The highest BCUT2D eigenvalue weighted by atomic mass is 16.4. The molecular weight excluding hydrogens is 170 g/mol. The number of aliphatic hydroxyl groups excluding tert-OH is 1. The zero-order valence-electron chi connectivity index (χ0n) is 8.13. The molecule has 0 spiro atoms. The van der Waals surface area contributed by atoms with Crippen molar-refractivity contribution in [1.29, 1.82) is 0 Å². The summed E-state index contributed by atoms with van der Waals surface area (Å²) in [5.74, 6) is 0. The summed E-state index contributed by atoms with van der Waals surface area (Å²) in [6.07, 6.45) is 1.73. The first-order chi connectivity index (χ1) is 5.89. The van der Waals surface area contributed by atoms with Gasteiger partial charge in [0.1, 0.15) is 0 Å². The molecule has 0 atom stereocenters. The van der Waals surface area contributed by atoms with Crippen molar-refractivity contribution in [2.75, 3.05) is 6.61 Å². The van der Waals surface area contributed by atoms with Crippen LogP contribution < -0.4 is 5.32 Å². The van der Waals surface area contributed by atoms with Crippen LogP contribution in [0.25, 0.3) is 0 Å². The summed E-state index contributed by atoms with van der Waals surface area (Å²) >= 11 is 0. The Bertz CT molecular complexity index is 209. The predicted octanol–water partition coefficient (Wildman–Crippen LogP) is 1.20. The lowest BCUT2D eigenvalue weighted by Gasteiger charge is -2.28. The Balaban J connectivity index is 2.46. The average molecular weight is 187 g/mol. The Morgan fingerprint density at radius 1 is 1.54 bits per heavy atom. The van der Waals surface area contributed by atoms with Gasteiger partial charge in [0, 0.05) is 12.1 Å². The fourth-order valence-electron chi connectivity index (χ4n) is 1.84.